The van der Waals surface area contributed by atoms with E-state index < -0.39 is 11.8 Å². The van der Waals surface area contributed by atoms with Crippen molar-refractivity contribution in [1.82, 2.24) is 0 Å². The van der Waals surface area contributed by atoms with Crippen molar-refractivity contribution < 1.29 is 9.59 Å². The molecule has 0 aliphatic carbocycles. The highest BCUT2D eigenvalue weighted by molar-refractivity contribution is 6.45. The van der Waals surface area contributed by atoms with Crippen molar-refractivity contribution in [2.24, 2.45) is 0 Å². The molecule has 24 heavy (non-hydrogen) atoms. The van der Waals surface area contributed by atoms with Crippen molar-refractivity contribution in [3.63, 3.8) is 0 Å². The van der Waals surface area contributed by atoms with Crippen molar-refractivity contribution >= 4 is 57.2 Å². The second-order valence-electron chi connectivity index (χ2n) is 5.06. The lowest BCUT2D eigenvalue weighted by molar-refractivity contribution is -0.132. The molecule has 3 aromatic carbocycles. The molecular formula is C18H12Cl2N2O2. The average molecular weight is 359 g/mol. The van der Waals surface area contributed by atoms with Gasteiger partial charge < -0.3 is 10.6 Å². The van der Waals surface area contributed by atoms with Crippen LogP contribution in [-0.2, 0) is 9.59 Å². The lowest BCUT2D eigenvalue weighted by Crippen LogP contribution is -2.29. The second kappa shape index (κ2) is 6.91. The molecule has 0 saturated heterocycles. The molecule has 0 radical (unpaired) electrons. The van der Waals surface area contributed by atoms with E-state index in [1.54, 1.807) is 18.2 Å². The quantitative estimate of drug-likeness (QED) is 0.651. The van der Waals surface area contributed by atoms with Gasteiger partial charge in [0.2, 0.25) is 0 Å². The number of amides is 2. The Morgan fingerprint density at radius 3 is 2.25 bits per heavy atom. The van der Waals surface area contributed by atoms with Crippen LogP contribution in [0.25, 0.3) is 10.8 Å². The first-order valence-corrected chi connectivity index (χ1v) is 7.85. The number of fused-ring (bicyclic) bond motifs is 1. The highest BCUT2D eigenvalue weighted by atomic mass is 35.5. The number of benzene rings is 3. The van der Waals surface area contributed by atoms with Crippen LogP contribution in [0.3, 0.4) is 0 Å². The van der Waals surface area contributed by atoms with E-state index >= 15 is 0 Å². The SMILES string of the molecule is O=C(Nc1ccc(Cl)c(Cl)c1)C(=O)Nc1cccc2ccccc12. The van der Waals surface area contributed by atoms with E-state index in [9.17, 15) is 9.59 Å². The number of carbonyl (C=O) groups excluding carboxylic acids is 2. The van der Waals surface area contributed by atoms with Crippen molar-refractivity contribution in [1.29, 1.82) is 0 Å². The molecule has 120 valence electrons. The van der Waals surface area contributed by atoms with E-state index in [0.29, 0.717) is 21.4 Å². The van der Waals surface area contributed by atoms with Crippen LogP contribution in [0.5, 0.6) is 0 Å². The summed E-state index contributed by atoms with van der Waals surface area (Å²) in [4.78, 5) is 24.2. The molecular weight excluding hydrogens is 347 g/mol. The fourth-order valence-electron chi connectivity index (χ4n) is 2.28. The number of anilines is 2. The van der Waals surface area contributed by atoms with Gasteiger partial charge in [-0.1, -0.05) is 59.6 Å². The maximum absolute atomic E-state index is 12.1. The molecule has 2 amide bonds. The van der Waals surface area contributed by atoms with Gasteiger partial charge in [-0.05, 0) is 29.7 Å². The minimum atomic E-state index is -0.790. The molecule has 0 atom stereocenters. The Bertz CT molecular complexity index is 936. The molecule has 0 bridgehead atoms. The molecule has 0 saturated carbocycles. The third-order valence-electron chi connectivity index (χ3n) is 3.42. The molecule has 0 aliphatic heterocycles. The van der Waals surface area contributed by atoms with Crippen LogP contribution in [0.1, 0.15) is 0 Å². The van der Waals surface area contributed by atoms with Gasteiger partial charge in [0.15, 0.2) is 0 Å². The Morgan fingerprint density at radius 1 is 0.750 bits per heavy atom. The fourth-order valence-corrected chi connectivity index (χ4v) is 2.57. The van der Waals surface area contributed by atoms with Crippen LogP contribution < -0.4 is 10.6 Å². The molecule has 3 aromatic rings. The Morgan fingerprint density at radius 2 is 1.46 bits per heavy atom. The molecule has 0 heterocycles. The van der Waals surface area contributed by atoms with Gasteiger partial charge in [0.1, 0.15) is 0 Å². The lowest BCUT2D eigenvalue weighted by Gasteiger charge is -2.09. The summed E-state index contributed by atoms with van der Waals surface area (Å²) in [6.45, 7) is 0. The largest absolute Gasteiger partial charge is 0.318 e. The van der Waals surface area contributed by atoms with Crippen molar-refractivity contribution in [3.05, 3.63) is 70.7 Å². The van der Waals surface area contributed by atoms with Gasteiger partial charge >= 0.3 is 11.8 Å². The summed E-state index contributed by atoms with van der Waals surface area (Å²) in [7, 11) is 0. The molecule has 0 spiro atoms. The standard InChI is InChI=1S/C18H12Cl2N2O2/c19-14-9-8-12(10-15(14)20)21-17(23)18(24)22-16-7-3-5-11-4-1-2-6-13(11)16/h1-10H,(H,21,23)(H,22,24). The van der Waals surface area contributed by atoms with Gasteiger partial charge in [-0.2, -0.15) is 0 Å². The first-order valence-electron chi connectivity index (χ1n) is 7.10. The van der Waals surface area contributed by atoms with Gasteiger partial charge in [-0.25, -0.2) is 0 Å². The summed E-state index contributed by atoms with van der Waals surface area (Å²) in [5, 5.41) is 7.60. The topological polar surface area (TPSA) is 58.2 Å². The van der Waals surface area contributed by atoms with Crippen LogP contribution in [0, 0.1) is 0 Å². The molecule has 3 rings (SSSR count). The summed E-state index contributed by atoms with van der Waals surface area (Å²) >= 11 is 11.7. The minimum Gasteiger partial charge on any atom is -0.318 e. The smallest absolute Gasteiger partial charge is 0.314 e. The summed E-state index contributed by atoms with van der Waals surface area (Å²) in [5.41, 5.74) is 0.963. The van der Waals surface area contributed by atoms with Gasteiger partial charge in [-0.15, -0.1) is 0 Å². The number of rotatable bonds is 2. The highest BCUT2D eigenvalue weighted by Gasteiger charge is 2.15. The van der Waals surface area contributed by atoms with E-state index in [1.807, 2.05) is 36.4 Å². The Balaban J connectivity index is 1.76. The number of carbonyl (C=O) groups is 2. The van der Waals surface area contributed by atoms with Gasteiger partial charge in [0.25, 0.3) is 0 Å². The third kappa shape index (κ3) is 3.50. The molecule has 0 fully saturated rings. The molecule has 0 unspecified atom stereocenters. The first kappa shape index (κ1) is 16.3. The minimum absolute atomic E-state index is 0.295. The number of hydrogen-bond acceptors (Lipinski definition) is 2. The average Bonchev–Trinajstić information content (AvgIpc) is 2.58. The second-order valence-corrected chi connectivity index (χ2v) is 5.88. The van der Waals surface area contributed by atoms with Crippen molar-refractivity contribution in [3.8, 4) is 0 Å². The highest BCUT2D eigenvalue weighted by Crippen LogP contribution is 2.25. The predicted molar refractivity (Wildman–Crippen MR) is 97.7 cm³/mol. The Kier molecular flexibility index (Phi) is 4.69. The van der Waals surface area contributed by atoms with Gasteiger partial charge in [-0.3, -0.25) is 9.59 Å². The lowest BCUT2D eigenvalue weighted by atomic mass is 10.1. The Labute approximate surface area is 148 Å². The van der Waals surface area contributed by atoms with E-state index in [0.717, 1.165) is 10.8 Å². The molecule has 6 heteroatoms. The van der Waals surface area contributed by atoms with Crippen molar-refractivity contribution in [2.75, 3.05) is 10.6 Å². The zero-order valence-corrected chi connectivity index (χ0v) is 13.9. The summed E-state index contributed by atoms with van der Waals surface area (Å²) in [6, 6.07) is 17.7. The normalized spacial score (nSPS) is 10.4. The van der Waals surface area contributed by atoms with E-state index in [1.165, 1.54) is 6.07 Å². The monoisotopic (exact) mass is 358 g/mol. The van der Waals surface area contributed by atoms with Gasteiger partial charge in [0.05, 0.1) is 10.0 Å². The third-order valence-corrected chi connectivity index (χ3v) is 4.16. The number of halogens is 2. The number of nitrogens with one attached hydrogen (secondary N) is 2. The molecule has 0 aromatic heterocycles. The van der Waals surface area contributed by atoms with E-state index in [-0.39, 0.29) is 0 Å². The van der Waals surface area contributed by atoms with Crippen molar-refractivity contribution in [2.45, 2.75) is 0 Å². The van der Waals surface area contributed by atoms with E-state index in [4.69, 9.17) is 23.2 Å². The van der Waals surface area contributed by atoms with Gasteiger partial charge in [0, 0.05) is 16.8 Å². The van der Waals surface area contributed by atoms with Crippen LogP contribution in [-0.4, -0.2) is 11.8 Å². The summed E-state index contributed by atoms with van der Waals surface area (Å²) < 4.78 is 0. The fraction of sp³-hybridized carbons (Fsp3) is 0. The first-order chi connectivity index (χ1) is 11.5. The molecule has 0 aliphatic rings. The Hall–Kier alpha value is -2.56. The predicted octanol–water partition coefficient (Wildman–Crippen LogP) is 4.72. The maximum atomic E-state index is 12.1. The summed E-state index contributed by atoms with van der Waals surface area (Å²) in [6.07, 6.45) is 0. The van der Waals surface area contributed by atoms with Crippen LogP contribution in [0.4, 0.5) is 11.4 Å². The maximum Gasteiger partial charge on any atom is 0.314 e. The number of hydrogen-bond donors (Lipinski definition) is 2. The van der Waals surface area contributed by atoms with Crippen LogP contribution in [0.2, 0.25) is 10.0 Å². The summed E-state index contributed by atoms with van der Waals surface area (Å²) in [5.74, 6) is -1.56. The van der Waals surface area contributed by atoms with Crippen LogP contribution in [0.15, 0.2) is 60.7 Å². The zero-order chi connectivity index (χ0) is 17.1. The van der Waals surface area contributed by atoms with Crippen LogP contribution >= 0.6 is 23.2 Å². The van der Waals surface area contributed by atoms with E-state index in [2.05, 4.69) is 10.6 Å². The molecule has 2 N–H and O–H groups in total. The zero-order valence-electron chi connectivity index (χ0n) is 12.3. The molecule has 4 nitrogen and oxygen atoms in total.